The Hall–Kier alpha value is -1.06. The largest absolute Gasteiger partial charge is 0.381 e. The molecule has 0 bridgehead atoms. The fourth-order valence-electron chi connectivity index (χ4n) is 3.15. The zero-order valence-electron chi connectivity index (χ0n) is 13.1. The molecule has 1 aromatic carbocycles. The Labute approximate surface area is 123 Å². The first-order chi connectivity index (χ1) is 9.69. The molecule has 3 nitrogen and oxygen atoms in total. The minimum atomic E-state index is 0.244. The van der Waals surface area contributed by atoms with Crippen molar-refractivity contribution in [3.63, 3.8) is 0 Å². The topological polar surface area (TPSA) is 24.5 Å². The van der Waals surface area contributed by atoms with Gasteiger partial charge in [0.1, 0.15) is 0 Å². The standard InChI is InChI=1S/C17H28N2O/c1-4-19(16-8-6-15(2)7-9-16)13-17(12-18-3)10-5-11-20-14-17/h6-9,18H,4-5,10-14H2,1-3H3. The first-order valence-electron chi connectivity index (χ1n) is 7.73. The van der Waals surface area contributed by atoms with Gasteiger partial charge in [-0.15, -0.1) is 0 Å². The summed E-state index contributed by atoms with van der Waals surface area (Å²) in [6.07, 6.45) is 2.42. The molecule has 1 aliphatic rings. The van der Waals surface area contributed by atoms with Gasteiger partial charge in [-0.2, -0.15) is 0 Å². The summed E-state index contributed by atoms with van der Waals surface area (Å²) in [5.41, 5.74) is 2.88. The van der Waals surface area contributed by atoms with E-state index in [1.807, 2.05) is 7.05 Å². The number of anilines is 1. The average Bonchev–Trinajstić information content (AvgIpc) is 2.47. The van der Waals surface area contributed by atoms with Crippen molar-refractivity contribution in [2.24, 2.45) is 5.41 Å². The van der Waals surface area contributed by atoms with Gasteiger partial charge in [-0.25, -0.2) is 0 Å². The second-order valence-electron chi connectivity index (χ2n) is 6.04. The second-order valence-corrected chi connectivity index (χ2v) is 6.04. The van der Waals surface area contributed by atoms with Crippen LogP contribution in [0.1, 0.15) is 25.3 Å². The van der Waals surface area contributed by atoms with E-state index in [-0.39, 0.29) is 5.41 Å². The van der Waals surface area contributed by atoms with E-state index in [0.717, 1.165) is 32.8 Å². The maximum absolute atomic E-state index is 5.77. The molecule has 1 fully saturated rings. The van der Waals surface area contributed by atoms with E-state index in [9.17, 15) is 0 Å². The molecule has 0 spiro atoms. The third-order valence-corrected chi connectivity index (χ3v) is 4.26. The molecule has 2 rings (SSSR count). The number of hydrogen-bond donors (Lipinski definition) is 1. The fraction of sp³-hybridized carbons (Fsp3) is 0.647. The summed E-state index contributed by atoms with van der Waals surface area (Å²) >= 11 is 0. The summed E-state index contributed by atoms with van der Waals surface area (Å²) < 4.78 is 5.77. The van der Waals surface area contributed by atoms with Crippen LogP contribution in [0, 0.1) is 12.3 Å². The third-order valence-electron chi connectivity index (χ3n) is 4.26. The van der Waals surface area contributed by atoms with Gasteiger partial charge in [0.15, 0.2) is 0 Å². The van der Waals surface area contributed by atoms with Crippen LogP contribution in [0.15, 0.2) is 24.3 Å². The summed E-state index contributed by atoms with van der Waals surface area (Å²) in [6.45, 7) is 9.28. The summed E-state index contributed by atoms with van der Waals surface area (Å²) in [5, 5.41) is 3.36. The molecule has 1 heterocycles. The molecule has 1 atom stereocenters. The first-order valence-corrected chi connectivity index (χ1v) is 7.73. The molecule has 0 saturated carbocycles. The molecule has 0 aromatic heterocycles. The fourth-order valence-corrected chi connectivity index (χ4v) is 3.15. The lowest BCUT2D eigenvalue weighted by atomic mass is 9.81. The van der Waals surface area contributed by atoms with Crippen molar-refractivity contribution in [3.05, 3.63) is 29.8 Å². The van der Waals surface area contributed by atoms with Crippen molar-refractivity contribution in [3.8, 4) is 0 Å². The molecule has 1 aliphatic heterocycles. The molecule has 3 heteroatoms. The van der Waals surface area contributed by atoms with Crippen LogP contribution < -0.4 is 10.2 Å². The van der Waals surface area contributed by atoms with Gasteiger partial charge in [0.05, 0.1) is 6.61 Å². The molecule has 1 N–H and O–H groups in total. The Bertz CT molecular complexity index is 390. The predicted molar refractivity (Wildman–Crippen MR) is 85.5 cm³/mol. The first kappa shape index (κ1) is 15.3. The summed E-state index contributed by atoms with van der Waals surface area (Å²) in [4.78, 5) is 2.48. The maximum atomic E-state index is 5.77. The van der Waals surface area contributed by atoms with Crippen LogP contribution in [0.25, 0.3) is 0 Å². The highest BCUT2D eigenvalue weighted by molar-refractivity contribution is 5.47. The van der Waals surface area contributed by atoms with Crippen LogP contribution >= 0.6 is 0 Å². The van der Waals surface area contributed by atoms with Gasteiger partial charge in [-0.1, -0.05) is 17.7 Å². The third kappa shape index (κ3) is 3.74. The molecule has 1 saturated heterocycles. The number of aryl methyl sites for hydroxylation is 1. The number of benzene rings is 1. The molecule has 0 radical (unpaired) electrons. The van der Waals surface area contributed by atoms with E-state index in [4.69, 9.17) is 4.74 Å². The van der Waals surface area contributed by atoms with E-state index in [2.05, 4.69) is 48.3 Å². The van der Waals surface area contributed by atoms with Gasteiger partial charge >= 0.3 is 0 Å². The van der Waals surface area contributed by atoms with E-state index < -0.39 is 0 Å². The van der Waals surface area contributed by atoms with Gasteiger partial charge in [0.2, 0.25) is 0 Å². The van der Waals surface area contributed by atoms with Gasteiger partial charge < -0.3 is 15.0 Å². The molecule has 20 heavy (non-hydrogen) atoms. The van der Waals surface area contributed by atoms with Crippen LogP contribution in [0.5, 0.6) is 0 Å². The van der Waals surface area contributed by atoms with Crippen LogP contribution in [0.2, 0.25) is 0 Å². The predicted octanol–water partition coefficient (Wildman–Crippen LogP) is 2.84. The molecule has 1 unspecified atom stereocenters. The van der Waals surface area contributed by atoms with Gasteiger partial charge in [0, 0.05) is 37.3 Å². The van der Waals surface area contributed by atoms with E-state index in [1.165, 1.54) is 24.1 Å². The van der Waals surface area contributed by atoms with Crippen LogP contribution in [-0.2, 0) is 4.74 Å². The lowest BCUT2D eigenvalue weighted by Crippen LogP contribution is -2.48. The smallest absolute Gasteiger partial charge is 0.0551 e. The zero-order valence-corrected chi connectivity index (χ0v) is 13.1. The van der Waals surface area contributed by atoms with Crippen molar-refractivity contribution in [2.75, 3.05) is 44.8 Å². The normalized spacial score (nSPS) is 22.8. The number of ether oxygens (including phenoxy) is 1. The van der Waals surface area contributed by atoms with Crippen LogP contribution in [-0.4, -0.2) is 39.9 Å². The zero-order chi connectivity index (χ0) is 14.4. The van der Waals surface area contributed by atoms with Crippen molar-refractivity contribution < 1.29 is 4.74 Å². The SMILES string of the molecule is CCN(CC1(CNC)CCCOC1)c1ccc(C)cc1. The molecule has 112 valence electrons. The Morgan fingerprint density at radius 1 is 1.30 bits per heavy atom. The van der Waals surface area contributed by atoms with Crippen LogP contribution in [0.4, 0.5) is 5.69 Å². The maximum Gasteiger partial charge on any atom is 0.0551 e. The van der Waals surface area contributed by atoms with E-state index >= 15 is 0 Å². The molecular formula is C17H28N2O. The minimum Gasteiger partial charge on any atom is -0.381 e. The lowest BCUT2D eigenvalue weighted by Gasteiger charge is -2.41. The average molecular weight is 276 g/mol. The van der Waals surface area contributed by atoms with Gasteiger partial charge in [-0.05, 0) is 45.9 Å². The lowest BCUT2D eigenvalue weighted by molar-refractivity contribution is -0.00224. The molecule has 0 aliphatic carbocycles. The summed E-state index contributed by atoms with van der Waals surface area (Å²) in [7, 11) is 2.04. The summed E-state index contributed by atoms with van der Waals surface area (Å²) in [6, 6.07) is 8.85. The van der Waals surface area contributed by atoms with Crippen LogP contribution in [0.3, 0.4) is 0 Å². The second kappa shape index (κ2) is 7.09. The highest BCUT2D eigenvalue weighted by atomic mass is 16.5. The van der Waals surface area contributed by atoms with Gasteiger partial charge in [0.25, 0.3) is 0 Å². The Kier molecular flexibility index (Phi) is 5.44. The van der Waals surface area contributed by atoms with Crippen molar-refractivity contribution in [2.45, 2.75) is 26.7 Å². The number of nitrogens with zero attached hydrogens (tertiary/aromatic N) is 1. The van der Waals surface area contributed by atoms with Gasteiger partial charge in [-0.3, -0.25) is 0 Å². The quantitative estimate of drug-likeness (QED) is 0.864. The number of hydrogen-bond acceptors (Lipinski definition) is 3. The number of nitrogens with one attached hydrogen (secondary N) is 1. The Morgan fingerprint density at radius 2 is 2.05 bits per heavy atom. The minimum absolute atomic E-state index is 0.244. The highest BCUT2D eigenvalue weighted by Gasteiger charge is 2.34. The summed E-state index contributed by atoms with van der Waals surface area (Å²) in [5.74, 6) is 0. The highest BCUT2D eigenvalue weighted by Crippen LogP contribution is 2.31. The van der Waals surface area contributed by atoms with Crippen molar-refractivity contribution in [1.29, 1.82) is 0 Å². The van der Waals surface area contributed by atoms with E-state index in [1.54, 1.807) is 0 Å². The monoisotopic (exact) mass is 276 g/mol. The molecule has 1 aromatic rings. The molecule has 0 amide bonds. The Morgan fingerprint density at radius 3 is 2.60 bits per heavy atom. The number of rotatable bonds is 6. The Balaban J connectivity index is 2.12. The van der Waals surface area contributed by atoms with Crippen molar-refractivity contribution >= 4 is 5.69 Å². The van der Waals surface area contributed by atoms with Crippen molar-refractivity contribution in [1.82, 2.24) is 5.32 Å². The van der Waals surface area contributed by atoms with E-state index in [0.29, 0.717) is 0 Å². The molecular weight excluding hydrogens is 248 g/mol.